The number of aryl methyl sites for hydroxylation is 2. The SMILES string of the molecule is Cc1cc(Cl)c(OCCOc2ccc(C(=O)N[C@H]3CCNCC3C(=O)N(Cc3cccc(C)c3C)C3CC3)cc2)c(Cl)c1. The van der Waals surface area contributed by atoms with E-state index in [0.717, 1.165) is 24.9 Å². The van der Waals surface area contributed by atoms with Gasteiger partial charge in [0.25, 0.3) is 5.91 Å². The zero-order valence-electron chi connectivity index (χ0n) is 24.9. The lowest BCUT2D eigenvalue weighted by Crippen LogP contribution is -2.55. The molecule has 2 atom stereocenters. The number of hydrogen-bond acceptors (Lipinski definition) is 5. The molecule has 9 heteroatoms. The molecule has 7 nitrogen and oxygen atoms in total. The van der Waals surface area contributed by atoms with Crippen LogP contribution in [-0.2, 0) is 11.3 Å². The Bertz CT molecular complexity index is 1440. The first kappa shape index (κ1) is 31.2. The summed E-state index contributed by atoms with van der Waals surface area (Å²) in [5.41, 5.74) is 5.11. The first-order valence-electron chi connectivity index (χ1n) is 14.9. The van der Waals surface area contributed by atoms with E-state index in [0.29, 0.717) is 46.6 Å². The van der Waals surface area contributed by atoms with Gasteiger partial charge in [0.05, 0.1) is 16.0 Å². The average molecular weight is 625 g/mol. The van der Waals surface area contributed by atoms with Crippen molar-refractivity contribution in [2.24, 2.45) is 5.92 Å². The molecule has 1 saturated heterocycles. The van der Waals surface area contributed by atoms with Crippen molar-refractivity contribution in [2.75, 3.05) is 26.3 Å². The number of benzene rings is 3. The quantitative estimate of drug-likeness (QED) is 0.246. The highest BCUT2D eigenvalue weighted by Gasteiger charge is 2.40. The molecule has 2 N–H and O–H groups in total. The fourth-order valence-electron chi connectivity index (χ4n) is 5.53. The summed E-state index contributed by atoms with van der Waals surface area (Å²) < 4.78 is 11.5. The summed E-state index contributed by atoms with van der Waals surface area (Å²) in [6, 6.07) is 16.9. The van der Waals surface area contributed by atoms with Crippen LogP contribution >= 0.6 is 23.2 Å². The molecule has 1 saturated carbocycles. The van der Waals surface area contributed by atoms with E-state index in [1.165, 1.54) is 16.7 Å². The molecule has 0 spiro atoms. The van der Waals surface area contributed by atoms with Crippen LogP contribution < -0.4 is 20.1 Å². The number of nitrogens with zero attached hydrogens (tertiary/aromatic N) is 1. The average Bonchev–Trinajstić information content (AvgIpc) is 3.83. The highest BCUT2D eigenvalue weighted by molar-refractivity contribution is 6.37. The largest absolute Gasteiger partial charge is 0.490 e. The predicted octanol–water partition coefficient (Wildman–Crippen LogP) is 6.28. The van der Waals surface area contributed by atoms with Crippen molar-refractivity contribution in [3.63, 3.8) is 0 Å². The number of halogens is 2. The van der Waals surface area contributed by atoms with Gasteiger partial charge in [-0.1, -0.05) is 41.4 Å². The molecule has 1 unspecified atom stereocenters. The monoisotopic (exact) mass is 623 g/mol. The number of ether oxygens (including phenoxy) is 2. The Kier molecular flexibility index (Phi) is 10.2. The minimum Gasteiger partial charge on any atom is -0.490 e. The first-order chi connectivity index (χ1) is 20.7. The summed E-state index contributed by atoms with van der Waals surface area (Å²) in [5, 5.41) is 7.44. The van der Waals surface area contributed by atoms with Crippen LogP contribution in [0.25, 0.3) is 0 Å². The maximum atomic E-state index is 13.9. The Morgan fingerprint density at radius 3 is 2.35 bits per heavy atom. The lowest BCUT2D eigenvalue weighted by molar-refractivity contribution is -0.138. The molecule has 1 heterocycles. The molecule has 43 heavy (non-hydrogen) atoms. The van der Waals surface area contributed by atoms with E-state index in [9.17, 15) is 9.59 Å². The number of piperidine rings is 1. The van der Waals surface area contributed by atoms with Crippen LogP contribution in [0.5, 0.6) is 11.5 Å². The van der Waals surface area contributed by atoms with E-state index in [1.807, 2.05) is 11.8 Å². The molecule has 0 radical (unpaired) electrons. The number of hydrogen-bond donors (Lipinski definition) is 2. The van der Waals surface area contributed by atoms with Gasteiger partial charge in [0, 0.05) is 30.7 Å². The van der Waals surface area contributed by atoms with Gasteiger partial charge in [-0.05, 0) is 105 Å². The Morgan fingerprint density at radius 2 is 1.65 bits per heavy atom. The topological polar surface area (TPSA) is 79.9 Å². The standard InChI is InChI=1S/C34H39Cl2N3O4/c1-21-17-29(35)32(30(36)18-21)43-16-15-42-27-11-7-24(8-12-27)33(40)38-31-13-14-37-19-28(31)34(41)39(26-9-10-26)20-25-6-4-5-22(2)23(25)3/h4-8,11-12,17-18,26,28,31,37H,9-10,13-16,19-20H2,1-3H3,(H,38,40)/t28?,31-/m0/s1. The number of rotatable bonds is 11. The van der Waals surface area contributed by atoms with Crippen LogP contribution in [0.15, 0.2) is 54.6 Å². The molecule has 3 aromatic carbocycles. The molecular weight excluding hydrogens is 585 g/mol. The van der Waals surface area contributed by atoms with Gasteiger partial charge < -0.3 is 25.0 Å². The van der Waals surface area contributed by atoms with Crippen molar-refractivity contribution in [3.05, 3.63) is 92.5 Å². The van der Waals surface area contributed by atoms with Crippen molar-refractivity contribution in [1.29, 1.82) is 0 Å². The van der Waals surface area contributed by atoms with Crippen LogP contribution in [0.3, 0.4) is 0 Å². The molecule has 5 rings (SSSR count). The highest BCUT2D eigenvalue weighted by atomic mass is 35.5. The van der Waals surface area contributed by atoms with Gasteiger partial charge in [0.15, 0.2) is 5.75 Å². The maximum absolute atomic E-state index is 13.9. The summed E-state index contributed by atoms with van der Waals surface area (Å²) in [4.78, 5) is 29.2. The fraction of sp³-hybridized carbons (Fsp3) is 0.412. The Morgan fingerprint density at radius 1 is 0.953 bits per heavy atom. The van der Waals surface area contributed by atoms with Crippen LogP contribution in [0, 0.1) is 26.7 Å². The van der Waals surface area contributed by atoms with Gasteiger partial charge in [0.1, 0.15) is 19.0 Å². The molecule has 2 amide bonds. The Balaban J connectivity index is 1.16. The second-order valence-corrected chi connectivity index (χ2v) is 12.3. The number of carbonyl (C=O) groups excluding carboxylic acids is 2. The van der Waals surface area contributed by atoms with Gasteiger partial charge in [-0.3, -0.25) is 9.59 Å². The molecule has 1 aliphatic heterocycles. The van der Waals surface area contributed by atoms with Gasteiger partial charge in [-0.25, -0.2) is 0 Å². The second kappa shape index (κ2) is 14.0. The maximum Gasteiger partial charge on any atom is 0.251 e. The highest BCUT2D eigenvalue weighted by Crippen LogP contribution is 2.34. The summed E-state index contributed by atoms with van der Waals surface area (Å²) in [7, 11) is 0. The molecule has 0 bridgehead atoms. The van der Waals surface area contributed by atoms with E-state index in [1.54, 1.807) is 36.4 Å². The third-order valence-corrected chi connectivity index (χ3v) is 8.86. The molecule has 228 valence electrons. The van der Waals surface area contributed by atoms with E-state index < -0.39 is 0 Å². The third-order valence-electron chi connectivity index (χ3n) is 8.30. The normalized spacial score (nSPS) is 18.2. The van der Waals surface area contributed by atoms with Crippen molar-refractivity contribution in [2.45, 2.75) is 58.7 Å². The molecule has 3 aromatic rings. The van der Waals surface area contributed by atoms with Crippen molar-refractivity contribution in [1.82, 2.24) is 15.5 Å². The minimum atomic E-state index is -0.318. The van der Waals surface area contributed by atoms with Crippen LogP contribution in [-0.4, -0.2) is 55.1 Å². The third kappa shape index (κ3) is 7.83. The molecular formula is C34H39Cl2N3O4. The Hall–Kier alpha value is -3.26. The number of amides is 2. The lowest BCUT2D eigenvalue weighted by Gasteiger charge is -2.36. The summed E-state index contributed by atoms with van der Waals surface area (Å²) >= 11 is 12.5. The lowest BCUT2D eigenvalue weighted by atomic mass is 9.91. The first-order valence-corrected chi connectivity index (χ1v) is 15.7. The van der Waals surface area contributed by atoms with Gasteiger partial charge in [0.2, 0.25) is 5.91 Å². The molecule has 2 aliphatic rings. The van der Waals surface area contributed by atoms with Crippen LogP contribution in [0.1, 0.15) is 51.9 Å². The second-order valence-electron chi connectivity index (χ2n) is 11.5. The minimum absolute atomic E-state index is 0.111. The number of carbonyl (C=O) groups is 2. The molecule has 2 fully saturated rings. The summed E-state index contributed by atoms with van der Waals surface area (Å²) in [6.45, 7) is 8.58. The van der Waals surface area contributed by atoms with E-state index >= 15 is 0 Å². The summed E-state index contributed by atoms with van der Waals surface area (Å²) in [6.07, 6.45) is 2.75. The molecule has 0 aromatic heterocycles. The van der Waals surface area contributed by atoms with Crippen molar-refractivity contribution >= 4 is 35.0 Å². The van der Waals surface area contributed by atoms with Crippen LogP contribution in [0.4, 0.5) is 0 Å². The Labute approximate surface area is 263 Å². The van der Waals surface area contributed by atoms with Crippen molar-refractivity contribution < 1.29 is 19.1 Å². The van der Waals surface area contributed by atoms with Gasteiger partial charge >= 0.3 is 0 Å². The van der Waals surface area contributed by atoms with E-state index in [-0.39, 0.29) is 43.0 Å². The van der Waals surface area contributed by atoms with Crippen molar-refractivity contribution in [3.8, 4) is 11.5 Å². The smallest absolute Gasteiger partial charge is 0.251 e. The van der Waals surface area contributed by atoms with Gasteiger partial charge in [-0.2, -0.15) is 0 Å². The number of nitrogens with one attached hydrogen (secondary N) is 2. The zero-order chi connectivity index (χ0) is 30.5. The van der Waals surface area contributed by atoms with Crippen LogP contribution in [0.2, 0.25) is 10.0 Å². The van der Waals surface area contributed by atoms with E-state index in [2.05, 4.69) is 42.7 Å². The zero-order valence-corrected chi connectivity index (χ0v) is 26.4. The summed E-state index contributed by atoms with van der Waals surface area (Å²) in [5.74, 6) is 0.643. The fourth-order valence-corrected chi connectivity index (χ4v) is 6.23. The van der Waals surface area contributed by atoms with E-state index in [4.69, 9.17) is 32.7 Å². The predicted molar refractivity (Wildman–Crippen MR) is 170 cm³/mol. The van der Waals surface area contributed by atoms with Gasteiger partial charge in [-0.15, -0.1) is 0 Å². The molecule has 1 aliphatic carbocycles.